The first-order valence-corrected chi connectivity index (χ1v) is 10.8. The van der Waals surface area contributed by atoms with E-state index in [2.05, 4.69) is 25.6 Å². The van der Waals surface area contributed by atoms with Gasteiger partial charge in [0.25, 0.3) is 5.56 Å². The molecule has 11 nitrogen and oxygen atoms in total. The highest BCUT2D eigenvalue weighted by atomic mass is 35.5. The standard InChI is InChI=1S/C22H25ClN8O3/c1-12(29-18-13(10-24)17(25)27-11-28-18)19-30-15-7-5-6-14(23)16(15)20(32)31(19)9-8-26-21(33)34-22(2,3)4/h5-7,11-12H,8-9H2,1-4H3,(H,26,33)(H3,25,27,28,29)/t12-/m0/s1. The summed E-state index contributed by atoms with van der Waals surface area (Å²) in [5.74, 6) is 0.595. The molecule has 0 saturated carbocycles. The van der Waals surface area contributed by atoms with E-state index in [1.54, 1.807) is 45.9 Å². The second-order valence-corrected chi connectivity index (χ2v) is 8.86. The number of hydrogen-bond donors (Lipinski definition) is 3. The largest absolute Gasteiger partial charge is 0.444 e. The number of nitrogens with one attached hydrogen (secondary N) is 2. The van der Waals surface area contributed by atoms with Crippen molar-refractivity contribution in [2.45, 2.75) is 45.9 Å². The number of nitrogens with zero attached hydrogens (tertiary/aromatic N) is 5. The number of anilines is 2. The van der Waals surface area contributed by atoms with E-state index < -0.39 is 17.7 Å². The Balaban J connectivity index is 1.98. The van der Waals surface area contributed by atoms with E-state index in [0.717, 1.165) is 0 Å². The molecule has 1 atom stereocenters. The molecule has 3 aromatic rings. The fraction of sp³-hybridized carbons (Fsp3) is 0.364. The smallest absolute Gasteiger partial charge is 0.407 e. The van der Waals surface area contributed by atoms with Crippen molar-refractivity contribution in [2.75, 3.05) is 17.6 Å². The molecule has 2 heterocycles. The molecule has 0 aliphatic rings. The van der Waals surface area contributed by atoms with Gasteiger partial charge in [-0.25, -0.2) is 19.7 Å². The van der Waals surface area contributed by atoms with Crippen LogP contribution in [0.5, 0.6) is 0 Å². The van der Waals surface area contributed by atoms with E-state index in [1.165, 1.54) is 10.9 Å². The summed E-state index contributed by atoms with van der Waals surface area (Å²) in [6, 6.07) is 6.40. The average molecular weight is 485 g/mol. The first-order chi connectivity index (χ1) is 16.0. The van der Waals surface area contributed by atoms with Crippen molar-refractivity contribution in [3.8, 4) is 6.07 Å². The lowest BCUT2D eigenvalue weighted by Gasteiger charge is -2.22. The zero-order valence-electron chi connectivity index (χ0n) is 19.2. The zero-order valence-corrected chi connectivity index (χ0v) is 20.0. The first-order valence-electron chi connectivity index (χ1n) is 10.4. The normalized spacial score (nSPS) is 12.1. The van der Waals surface area contributed by atoms with Gasteiger partial charge in [0.05, 0.1) is 22.0 Å². The minimum absolute atomic E-state index is 0.0319. The van der Waals surface area contributed by atoms with Crippen LogP contribution in [0.15, 0.2) is 29.3 Å². The number of alkyl carbamates (subject to hydrolysis) is 1. The summed E-state index contributed by atoms with van der Waals surface area (Å²) in [5.41, 5.74) is 5.26. The van der Waals surface area contributed by atoms with E-state index in [1.807, 2.05) is 6.07 Å². The summed E-state index contributed by atoms with van der Waals surface area (Å²) in [6.45, 7) is 7.24. The summed E-state index contributed by atoms with van der Waals surface area (Å²) in [4.78, 5) is 38.0. The average Bonchev–Trinajstić information content (AvgIpc) is 2.74. The Morgan fingerprint density at radius 3 is 2.76 bits per heavy atom. The molecule has 0 saturated heterocycles. The number of nitrogen functional groups attached to an aromatic ring is 1. The van der Waals surface area contributed by atoms with E-state index in [4.69, 9.17) is 22.1 Å². The number of ether oxygens (including phenoxy) is 1. The molecule has 4 N–H and O–H groups in total. The molecule has 0 aliphatic heterocycles. The van der Waals surface area contributed by atoms with Crippen LogP contribution in [0.4, 0.5) is 16.4 Å². The molecule has 12 heteroatoms. The predicted molar refractivity (Wildman–Crippen MR) is 128 cm³/mol. The number of nitriles is 1. The molecule has 3 rings (SSSR count). The molecular formula is C22H25ClN8O3. The predicted octanol–water partition coefficient (Wildman–Crippen LogP) is 2.99. The molecule has 0 radical (unpaired) electrons. The number of hydrogen-bond acceptors (Lipinski definition) is 9. The lowest BCUT2D eigenvalue weighted by atomic mass is 10.2. The van der Waals surface area contributed by atoms with Crippen LogP contribution >= 0.6 is 11.6 Å². The number of benzene rings is 1. The van der Waals surface area contributed by atoms with Crippen LogP contribution in [0.25, 0.3) is 10.9 Å². The molecule has 0 aliphatic carbocycles. The second-order valence-electron chi connectivity index (χ2n) is 8.45. The van der Waals surface area contributed by atoms with Crippen molar-refractivity contribution in [1.29, 1.82) is 5.26 Å². The highest BCUT2D eigenvalue weighted by Crippen LogP contribution is 2.24. The van der Waals surface area contributed by atoms with Gasteiger partial charge in [-0.15, -0.1) is 0 Å². The number of rotatable bonds is 6. The molecule has 1 aromatic carbocycles. The minimum Gasteiger partial charge on any atom is -0.444 e. The van der Waals surface area contributed by atoms with Crippen molar-refractivity contribution < 1.29 is 9.53 Å². The summed E-state index contributed by atoms with van der Waals surface area (Å²) < 4.78 is 6.66. The molecule has 1 amide bonds. The Labute approximate surface area is 200 Å². The SMILES string of the molecule is C[C@H](Nc1ncnc(N)c1C#N)c1nc2cccc(Cl)c2c(=O)n1CCNC(=O)OC(C)(C)C. The maximum atomic E-state index is 13.4. The Hall–Kier alpha value is -3.91. The van der Waals surface area contributed by atoms with Gasteiger partial charge < -0.3 is 21.1 Å². The van der Waals surface area contributed by atoms with Gasteiger partial charge in [0.2, 0.25) is 0 Å². The second kappa shape index (κ2) is 9.93. The van der Waals surface area contributed by atoms with Gasteiger partial charge in [-0.05, 0) is 39.8 Å². The van der Waals surface area contributed by atoms with Crippen molar-refractivity contribution >= 4 is 40.2 Å². The Bertz CT molecular complexity index is 1330. The third-order valence-electron chi connectivity index (χ3n) is 4.69. The maximum Gasteiger partial charge on any atom is 0.407 e. The van der Waals surface area contributed by atoms with Crippen LogP contribution < -0.4 is 21.9 Å². The van der Waals surface area contributed by atoms with Crippen molar-refractivity contribution in [3.63, 3.8) is 0 Å². The minimum atomic E-state index is -0.652. The Morgan fingerprint density at radius 1 is 1.35 bits per heavy atom. The third kappa shape index (κ3) is 5.52. The zero-order chi connectivity index (χ0) is 25.0. The van der Waals surface area contributed by atoms with E-state index in [-0.39, 0.29) is 46.3 Å². The number of fused-ring (bicyclic) bond motifs is 1. The molecule has 0 fully saturated rings. The monoisotopic (exact) mass is 484 g/mol. The molecule has 0 spiro atoms. The summed E-state index contributed by atoms with van der Waals surface area (Å²) in [6.07, 6.45) is 0.631. The fourth-order valence-electron chi connectivity index (χ4n) is 3.26. The van der Waals surface area contributed by atoms with Crippen molar-refractivity contribution in [1.82, 2.24) is 24.8 Å². The molecule has 0 bridgehead atoms. The summed E-state index contributed by atoms with van der Waals surface area (Å²) in [5, 5.41) is 15.7. The van der Waals surface area contributed by atoms with E-state index >= 15 is 0 Å². The van der Waals surface area contributed by atoms with Gasteiger partial charge in [-0.3, -0.25) is 9.36 Å². The quantitative estimate of drug-likeness (QED) is 0.477. The maximum absolute atomic E-state index is 13.4. The summed E-state index contributed by atoms with van der Waals surface area (Å²) in [7, 11) is 0. The number of carbonyl (C=O) groups excluding carboxylic acids is 1. The number of aromatic nitrogens is 4. The molecule has 0 unspecified atom stereocenters. The number of halogens is 1. The number of nitrogens with two attached hydrogens (primary N) is 1. The fourth-order valence-corrected chi connectivity index (χ4v) is 3.51. The molecule has 2 aromatic heterocycles. The van der Waals surface area contributed by atoms with Crippen LogP contribution in [-0.4, -0.2) is 37.8 Å². The topological polar surface area (TPSA) is 161 Å². The Morgan fingerprint density at radius 2 is 2.09 bits per heavy atom. The van der Waals surface area contributed by atoms with Crippen LogP contribution in [0.2, 0.25) is 5.02 Å². The molecule has 34 heavy (non-hydrogen) atoms. The van der Waals surface area contributed by atoms with E-state index in [9.17, 15) is 14.9 Å². The van der Waals surface area contributed by atoms with Crippen molar-refractivity contribution in [2.24, 2.45) is 0 Å². The van der Waals surface area contributed by atoms with Gasteiger partial charge >= 0.3 is 6.09 Å². The van der Waals surface area contributed by atoms with Crippen LogP contribution in [-0.2, 0) is 11.3 Å². The summed E-state index contributed by atoms with van der Waals surface area (Å²) >= 11 is 6.28. The third-order valence-corrected chi connectivity index (χ3v) is 5.01. The Kier molecular flexibility index (Phi) is 7.22. The lowest BCUT2D eigenvalue weighted by Crippen LogP contribution is -2.37. The van der Waals surface area contributed by atoms with Gasteiger partial charge in [0, 0.05) is 13.1 Å². The van der Waals surface area contributed by atoms with Crippen LogP contribution in [0, 0.1) is 11.3 Å². The van der Waals surface area contributed by atoms with Crippen molar-refractivity contribution in [3.05, 3.63) is 51.3 Å². The van der Waals surface area contributed by atoms with Gasteiger partial charge in [0.1, 0.15) is 41.0 Å². The van der Waals surface area contributed by atoms with Gasteiger partial charge in [0.15, 0.2) is 0 Å². The van der Waals surface area contributed by atoms with Gasteiger partial charge in [-0.1, -0.05) is 17.7 Å². The molecular weight excluding hydrogens is 460 g/mol. The van der Waals surface area contributed by atoms with Crippen LogP contribution in [0.1, 0.15) is 45.1 Å². The highest BCUT2D eigenvalue weighted by Gasteiger charge is 2.21. The first kappa shape index (κ1) is 24.7. The number of carbonyl (C=O) groups is 1. The number of amides is 1. The van der Waals surface area contributed by atoms with Gasteiger partial charge in [-0.2, -0.15) is 5.26 Å². The lowest BCUT2D eigenvalue weighted by molar-refractivity contribution is 0.0525. The molecule has 178 valence electrons. The van der Waals surface area contributed by atoms with E-state index in [0.29, 0.717) is 11.3 Å². The van der Waals surface area contributed by atoms with Crippen LogP contribution in [0.3, 0.4) is 0 Å². The highest BCUT2D eigenvalue weighted by molar-refractivity contribution is 6.35.